The molecule has 0 bridgehead atoms. The van der Waals surface area contributed by atoms with E-state index in [0.29, 0.717) is 26.1 Å². The van der Waals surface area contributed by atoms with Crippen molar-refractivity contribution in [3.63, 3.8) is 0 Å². The Balaban J connectivity index is 2.44. The zero-order chi connectivity index (χ0) is 12.7. The number of ether oxygens (including phenoxy) is 1. The third-order valence-electron chi connectivity index (χ3n) is 2.21. The van der Waals surface area contributed by atoms with E-state index in [1.807, 2.05) is 25.1 Å². The Morgan fingerprint density at radius 2 is 2.29 bits per heavy atom. The molecule has 0 radical (unpaired) electrons. The van der Waals surface area contributed by atoms with Crippen molar-refractivity contribution >= 4 is 21.8 Å². The molecule has 17 heavy (non-hydrogen) atoms. The molecule has 0 spiro atoms. The van der Waals surface area contributed by atoms with Gasteiger partial charge in [0.25, 0.3) is 0 Å². The van der Waals surface area contributed by atoms with Crippen molar-refractivity contribution in [2.45, 2.75) is 19.9 Å². The fraction of sp³-hybridized carbons (Fsp3) is 0.417. The van der Waals surface area contributed by atoms with E-state index in [1.54, 1.807) is 0 Å². The number of halogens is 1. The standard InChI is InChI=1S/C12H17BrN2O2/c1-2-15-12(16)5-6-17-10-3-4-11(13)9(7-10)8-14/h3-4,7H,2,5-6,8,14H2,1H3,(H,15,16). The molecule has 3 N–H and O–H groups in total. The van der Waals surface area contributed by atoms with Gasteiger partial charge in [0.2, 0.25) is 5.91 Å². The molecule has 94 valence electrons. The number of carbonyl (C=O) groups is 1. The SMILES string of the molecule is CCNC(=O)CCOc1ccc(Br)c(CN)c1. The van der Waals surface area contributed by atoms with Crippen LogP contribution in [0.4, 0.5) is 0 Å². The summed E-state index contributed by atoms with van der Waals surface area (Å²) in [6, 6.07) is 5.62. The molecular formula is C12H17BrN2O2. The largest absolute Gasteiger partial charge is 0.493 e. The molecule has 1 rings (SSSR count). The van der Waals surface area contributed by atoms with E-state index in [9.17, 15) is 4.79 Å². The van der Waals surface area contributed by atoms with Gasteiger partial charge in [-0.15, -0.1) is 0 Å². The lowest BCUT2D eigenvalue weighted by Gasteiger charge is -2.08. The van der Waals surface area contributed by atoms with E-state index < -0.39 is 0 Å². The number of rotatable bonds is 6. The molecule has 0 saturated heterocycles. The lowest BCUT2D eigenvalue weighted by atomic mass is 10.2. The van der Waals surface area contributed by atoms with E-state index in [1.165, 1.54) is 0 Å². The van der Waals surface area contributed by atoms with Gasteiger partial charge in [-0.1, -0.05) is 15.9 Å². The van der Waals surface area contributed by atoms with Crippen molar-refractivity contribution in [1.82, 2.24) is 5.32 Å². The Morgan fingerprint density at radius 3 is 2.94 bits per heavy atom. The third kappa shape index (κ3) is 4.75. The van der Waals surface area contributed by atoms with Crippen LogP contribution in [0, 0.1) is 0 Å². The molecule has 0 aliphatic heterocycles. The second kappa shape index (κ2) is 7.29. The lowest BCUT2D eigenvalue weighted by Crippen LogP contribution is -2.24. The molecule has 0 aliphatic carbocycles. The van der Waals surface area contributed by atoms with E-state index in [-0.39, 0.29) is 5.91 Å². The first-order valence-corrected chi connectivity index (χ1v) is 6.34. The van der Waals surface area contributed by atoms with Crippen molar-refractivity contribution in [2.75, 3.05) is 13.2 Å². The van der Waals surface area contributed by atoms with Gasteiger partial charge in [0.1, 0.15) is 5.75 Å². The fourth-order valence-electron chi connectivity index (χ4n) is 1.34. The maximum atomic E-state index is 11.2. The second-order valence-corrected chi connectivity index (χ2v) is 4.36. The topological polar surface area (TPSA) is 64.3 Å². The van der Waals surface area contributed by atoms with Gasteiger partial charge in [-0.25, -0.2) is 0 Å². The van der Waals surface area contributed by atoms with Gasteiger partial charge in [-0.05, 0) is 30.7 Å². The van der Waals surface area contributed by atoms with Crippen LogP contribution in [0.1, 0.15) is 18.9 Å². The van der Waals surface area contributed by atoms with Crippen LogP contribution in [0.25, 0.3) is 0 Å². The summed E-state index contributed by atoms with van der Waals surface area (Å²) in [5.74, 6) is 0.738. The van der Waals surface area contributed by atoms with Crippen LogP contribution in [0.3, 0.4) is 0 Å². The van der Waals surface area contributed by atoms with Crippen molar-refractivity contribution in [2.24, 2.45) is 5.73 Å². The maximum Gasteiger partial charge on any atom is 0.223 e. The molecule has 0 aliphatic rings. The minimum atomic E-state index is 0.00339. The van der Waals surface area contributed by atoms with E-state index in [2.05, 4.69) is 21.2 Å². The highest BCUT2D eigenvalue weighted by Gasteiger charge is 2.03. The molecule has 0 unspecified atom stereocenters. The van der Waals surface area contributed by atoms with Crippen LogP contribution in [0.15, 0.2) is 22.7 Å². The average molecular weight is 301 g/mol. The van der Waals surface area contributed by atoms with Crippen molar-refractivity contribution in [1.29, 1.82) is 0 Å². The summed E-state index contributed by atoms with van der Waals surface area (Å²) in [5, 5.41) is 2.72. The molecule has 0 fully saturated rings. The summed E-state index contributed by atoms with van der Waals surface area (Å²) in [7, 11) is 0. The number of hydrogen-bond acceptors (Lipinski definition) is 3. The average Bonchev–Trinajstić information content (AvgIpc) is 2.31. The first kappa shape index (κ1) is 14.0. The van der Waals surface area contributed by atoms with E-state index in [4.69, 9.17) is 10.5 Å². The summed E-state index contributed by atoms with van der Waals surface area (Å²) in [5.41, 5.74) is 6.57. The summed E-state index contributed by atoms with van der Waals surface area (Å²) < 4.78 is 6.45. The van der Waals surface area contributed by atoms with E-state index in [0.717, 1.165) is 15.8 Å². The Hall–Kier alpha value is -1.07. The summed E-state index contributed by atoms with van der Waals surface area (Å²) in [4.78, 5) is 11.2. The molecule has 0 heterocycles. The number of benzene rings is 1. The first-order valence-electron chi connectivity index (χ1n) is 5.55. The van der Waals surface area contributed by atoms with Gasteiger partial charge in [0, 0.05) is 17.6 Å². The van der Waals surface area contributed by atoms with Gasteiger partial charge in [-0.3, -0.25) is 4.79 Å². The van der Waals surface area contributed by atoms with Crippen LogP contribution in [-0.4, -0.2) is 19.1 Å². The first-order chi connectivity index (χ1) is 8.17. The maximum absolute atomic E-state index is 11.2. The van der Waals surface area contributed by atoms with Crippen LogP contribution in [0.2, 0.25) is 0 Å². The predicted octanol–water partition coefficient (Wildman–Crippen LogP) is 1.81. The zero-order valence-electron chi connectivity index (χ0n) is 9.83. The van der Waals surface area contributed by atoms with Gasteiger partial charge >= 0.3 is 0 Å². The Morgan fingerprint density at radius 1 is 1.53 bits per heavy atom. The van der Waals surface area contributed by atoms with Crippen LogP contribution in [-0.2, 0) is 11.3 Å². The van der Waals surface area contributed by atoms with Crippen LogP contribution < -0.4 is 15.8 Å². The van der Waals surface area contributed by atoms with Gasteiger partial charge < -0.3 is 15.8 Å². The van der Waals surface area contributed by atoms with Crippen molar-refractivity contribution in [3.05, 3.63) is 28.2 Å². The number of hydrogen-bond donors (Lipinski definition) is 2. The molecule has 0 aromatic heterocycles. The molecule has 1 amide bonds. The van der Waals surface area contributed by atoms with Crippen LogP contribution >= 0.6 is 15.9 Å². The number of carbonyl (C=O) groups excluding carboxylic acids is 1. The van der Waals surface area contributed by atoms with Gasteiger partial charge in [-0.2, -0.15) is 0 Å². The number of nitrogens with one attached hydrogen (secondary N) is 1. The third-order valence-corrected chi connectivity index (χ3v) is 2.98. The van der Waals surface area contributed by atoms with E-state index >= 15 is 0 Å². The highest BCUT2D eigenvalue weighted by molar-refractivity contribution is 9.10. The summed E-state index contributed by atoms with van der Waals surface area (Å²) in [6.45, 7) is 3.36. The lowest BCUT2D eigenvalue weighted by molar-refractivity contribution is -0.121. The van der Waals surface area contributed by atoms with Crippen molar-refractivity contribution in [3.8, 4) is 5.75 Å². The molecule has 1 aromatic carbocycles. The van der Waals surface area contributed by atoms with Crippen LogP contribution in [0.5, 0.6) is 5.75 Å². The molecule has 1 aromatic rings. The summed E-state index contributed by atoms with van der Waals surface area (Å²) in [6.07, 6.45) is 0.363. The molecule has 0 atom stereocenters. The highest BCUT2D eigenvalue weighted by atomic mass is 79.9. The van der Waals surface area contributed by atoms with Crippen molar-refractivity contribution < 1.29 is 9.53 Å². The molecule has 5 heteroatoms. The van der Waals surface area contributed by atoms with Gasteiger partial charge in [0.05, 0.1) is 13.0 Å². The normalized spacial score (nSPS) is 10.1. The fourth-order valence-corrected chi connectivity index (χ4v) is 1.75. The number of nitrogens with two attached hydrogens (primary N) is 1. The molecule has 0 saturated carbocycles. The Kier molecular flexibility index (Phi) is 6.00. The highest BCUT2D eigenvalue weighted by Crippen LogP contribution is 2.22. The minimum absolute atomic E-state index is 0.00339. The zero-order valence-corrected chi connectivity index (χ0v) is 11.4. The molecule has 4 nitrogen and oxygen atoms in total. The summed E-state index contributed by atoms with van der Waals surface area (Å²) >= 11 is 3.40. The molecular weight excluding hydrogens is 284 g/mol. The second-order valence-electron chi connectivity index (χ2n) is 3.51. The monoisotopic (exact) mass is 300 g/mol. The Labute approximate surface area is 110 Å². The predicted molar refractivity (Wildman–Crippen MR) is 70.8 cm³/mol. The smallest absolute Gasteiger partial charge is 0.223 e. The Bertz CT molecular complexity index is 383. The quantitative estimate of drug-likeness (QED) is 0.842. The van der Waals surface area contributed by atoms with Gasteiger partial charge in [0.15, 0.2) is 0 Å². The number of amides is 1. The minimum Gasteiger partial charge on any atom is -0.493 e.